The Bertz CT molecular complexity index is 346. The van der Waals surface area contributed by atoms with Gasteiger partial charge in [0.15, 0.2) is 0 Å². The number of halogens is 1. The van der Waals surface area contributed by atoms with Gasteiger partial charge in [0.1, 0.15) is 0 Å². The third kappa shape index (κ3) is 2.15. The molecule has 0 aromatic heterocycles. The molecule has 0 aliphatic heterocycles. The zero-order chi connectivity index (χ0) is 9.80. The second-order valence-electron chi connectivity index (χ2n) is 3.18. The van der Waals surface area contributed by atoms with E-state index >= 15 is 0 Å². The molecule has 2 aromatic carbocycles. The molecule has 0 amide bonds. The van der Waals surface area contributed by atoms with Crippen LogP contribution in [0.1, 0.15) is 0 Å². The van der Waals surface area contributed by atoms with Gasteiger partial charge in [0.05, 0.1) is 0 Å². The van der Waals surface area contributed by atoms with Gasteiger partial charge in [0.25, 0.3) is 0 Å². The minimum absolute atomic E-state index is 1.28. The second-order valence-corrected chi connectivity index (χ2v) is 6.55. The van der Waals surface area contributed by atoms with Gasteiger partial charge in [0, 0.05) is 0 Å². The summed E-state index contributed by atoms with van der Waals surface area (Å²) in [7, 11) is -1.45. The Labute approximate surface area is 90.1 Å². The summed E-state index contributed by atoms with van der Waals surface area (Å²) < 4.78 is 0. The Morgan fingerprint density at radius 3 is 1.36 bits per heavy atom. The summed E-state index contributed by atoms with van der Waals surface area (Å²) in [5.74, 6) is 0. The average molecular weight is 223 g/mol. The Morgan fingerprint density at radius 2 is 1.00 bits per heavy atom. The van der Waals surface area contributed by atoms with Crippen LogP contribution in [0.2, 0.25) is 0 Å². The third-order valence-electron chi connectivity index (χ3n) is 2.18. The molecule has 72 valence electrons. The molecule has 0 N–H and O–H groups in total. The Balaban J connectivity index is 2.30. The van der Waals surface area contributed by atoms with Crippen molar-refractivity contribution in [2.45, 2.75) is 0 Å². The molecule has 2 heteroatoms. The average Bonchev–Trinajstić information content (AvgIpc) is 2.30. The molecule has 2 rings (SSSR count). The topological polar surface area (TPSA) is 0 Å². The summed E-state index contributed by atoms with van der Waals surface area (Å²) in [5, 5.41) is 2.56. The van der Waals surface area contributed by atoms with Crippen LogP contribution in [0.5, 0.6) is 0 Å². The van der Waals surface area contributed by atoms with Crippen molar-refractivity contribution in [3.63, 3.8) is 0 Å². The van der Waals surface area contributed by atoms with Crippen molar-refractivity contribution in [3.05, 3.63) is 60.7 Å². The molecule has 14 heavy (non-hydrogen) atoms. The van der Waals surface area contributed by atoms with E-state index in [1.54, 1.807) is 0 Å². The quantitative estimate of drug-likeness (QED) is 0.686. The SMILES string of the molecule is Cl[PH2](c1ccccc1)c1ccccc1. The zero-order valence-electron chi connectivity index (χ0n) is 7.73. The molecular weight excluding hydrogens is 211 g/mol. The summed E-state index contributed by atoms with van der Waals surface area (Å²) in [5.41, 5.74) is 0. The third-order valence-corrected chi connectivity index (χ3v) is 5.64. The van der Waals surface area contributed by atoms with Gasteiger partial charge in [-0.25, -0.2) is 0 Å². The summed E-state index contributed by atoms with van der Waals surface area (Å²) >= 11 is 6.47. The van der Waals surface area contributed by atoms with Gasteiger partial charge in [-0.05, 0) is 0 Å². The molecule has 0 nitrogen and oxygen atoms in total. The van der Waals surface area contributed by atoms with Gasteiger partial charge in [-0.2, -0.15) is 0 Å². The molecule has 0 heterocycles. The first kappa shape index (κ1) is 9.71. The van der Waals surface area contributed by atoms with E-state index in [1.165, 1.54) is 10.6 Å². The van der Waals surface area contributed by atoms with Crippen molar-refractivity contribution in [1.82, 2.24) is 0 Å². The van der Waals surface area contributed by atoms with Gasteiger partial charge in [-0.1, -0.05) is 0 Å². The van der Waals surface area contributed by atoms with Crippen LogP contribution in [-0.4, -0.2) is 0 Å². The monoisotopic (exact) mass is 222 g/mol. The molecule has 0 bridgehead atoms. The van der Waals surface area contributed by atoms with E-state index in [4.69, 9.17) is 11.2 Å². The first-order chi connectivity index (χ1) is 6.88. The van der Waals surface area contributed by atoms with Crippen molar-refractivity contribution >= 4 is 29.1 Å². The van der Waals surface area contributed by atoms with Crippen LogP contribution in [0.25, 0.3) is 0 Å². The molecule has 0 unspecified atom stereocenters. The van der Waals surface area contributed by atoms with E-state index in [9.17, 15) is 0 Å². The van der Waals surface area contributed by atoms with E-state index in [2.05, 4.69) is 24.3 Å². The summed E-state index contributed by atoms with van der Waals surface area (Å²) in [4.78, 5) is 0. The van der Waals surface area contributed by atoms with E-state index in [-0.39, 0.29) is 0 Å². The van der Waals surface area contributed by atoms with Gasteiger partial charge in [-0.3, -0.25) is 0 Å². The molecule has 0 fully saturated rings. The van der Waals surface area contributed by atoms with Crippen LogP contribution >= 0.6 is 18.5 Å². The fraction of sp³-hybridized carbons (Fsp3) is 0. The van der Waals surface area contributed by atoms with Crippen molar-refractivity contribution in [2.24, 2.45) is 0 Å². The second kappa shape index (κ2) is 4.59. The number of rotatable bonds is 2. The standard InChI is InChI=1S/C12H12ClP/c13-14(11-7-3-1-4-8-11)12-9-5-2-6-10-12/h1-10H,14H2. The number of hydrogen-bond donors (Lipinski definition) is 0. The van der Waals surface area contributed by atoms with E-state index in [0.717, 1.165) is 0 Å². The van der Waals surface area contributed by atoms with Crippen LogP contribution in [0.4, 0.5) is 0 Å². The van der Waals surface area contributed by atoms with Gasteiger partial charge >= 0.3 is 89.8 Å². The van der Waals surface area contributed by atoms with Crippen molar-refractivity contribution in [3.8, 4) is 0 Å². The fourth-order valence-corrected chi connectivity index (χ4v) is 3.81. The Kier molecular flexibility index (Phi) is 3.18. The molecule has 2 aromatic rings. The molecule has 0 spiro atoms. The van der Waals surface area contributed by atoms with E-state index in [0.29, 0.717) is 0 Å². The molecule has 0 aliphatic rings. The first-order valence-corrected chi connectivity index (χ1v) is 7.52. The van der Waals surface area contributed by atoms with Gasteiger partial charge in [-0.15, -0.1) is 0 Å². The molecule has 0 saturated carbocycles. The van der Waals surface area contributed by atoms with Crippen LogP contribution in [0.3, 0.4) is 0 Å². The van der Waals surface area contributed by atoms with E-state index in [1.807, 2.05) is 36.4 Å². The Morgan fingerprint density at radius 1 is 0.643 bits per heavy atom. The van der Waals surface area contributed by atoms with Crippen molar-refractivity contribution < 1.29 is 0 Å². The molecule has 0 radical (unpaired) electrons. The zero-order valence-corrected chi connectivity index (χ0v) is 9.64. The van der Waals surface area contributed by atoms with E-state index < -0.39 is 7.27 Å². The summed E-state index contributed by atoms with van der Waals surface area (Å²) in [6.07, 6.45) is 0. The molecular formula is C12H12ClP. The maximum atomic E-state index is 6.47. The van der Waals surface area contributed by atoms with Crippen LogP contribution < -0.4 is 10.6 Å². The predicted molar refractivity (Wildman–Crippen MR) is 67.7 cm³/mol. The fourth-order valence-electron chi connectivity index (χ4n) is 1.44. The maximum absolute atomic E-state index is 6.47. The predicted octanol–water partition coefficient (Wildman–Crippen LogP) is 2.74. The molecule has 0 aliphatic carbocycles. The van der Waals surface area contributed by atoms with Crippen molar-refractivity contribution in [2.75, 3.05) is 0 Å². The van der Waals surface area contributed by atoms with Crippen LogP contribution in [0.15, 0.2) is 60.7 Å². The summed E-state index contributed by atoms with van der Waals surface area (Å²) in [6, 6.07) is 20.6. The first-order valence-electron chi connectivity index (χ1n) is 4.62. The summed E-state index contributed by atoms with van der Waals surface area (Å²) in [6.45, 7) is 0. The molecule has 0 saturated heterocycles. The minimum atomic E-state index is -1.45. The molecule has 0 atom stereocenters. The number of hydrogen-bond acceptors (Lipinski definition) is 0. The van der Waals surface area contributed by atoms with Gasteiger partial charge < -0.3 is 0 Å². The van der Waals surface area contributed by atoms with Gasteiger partial charge in [0.2, 0.25) is 0 Å². The van der Waals surface area contributed by atoms with Crippen LogP contribution in [-0.2, 0) is 0 Å². The Hall–Kier alpha value is -0.840. The normalized spacial score (nSPS) is 11.1. The number of benzene rings is 2. The van der Waals surface area contributed by atoms with Crippen molar-refractivity contribution in [1.29, 1.82) is 0 Å². The van der Waals surface area contributed by atoms with Crippen LogP contribution in [0, 0.1) is 0 Å².